The molecule has 0 bridgehead atoms. The number of piperazine rings is 1. The second-order valence-corrected chi connectivity index (χ2v) is 10.5. The van der Waals surface area contributed by atoms with E-state index in [1.807, 2.05) is 61.2 Å². The van der Waals surface area contributed by atoms with E-state index in [9.17, 15) is 4.79 Å². The Morgan fingerprint density at radius 1 is 1.00 bits per heavy atom. The minimum Gasteiger partial charge on any atom is -0.494 e. The number of rotatable bonds is 7. The van der Waals surface area contributed by atoms with Crippen molar-refractivity contribution in [2.24, 2.45) is 0 Å². The quantitative estimate of drug-likeness (QED) is 0.439. The number of anilines is 1. The fraction of sp³-hybridized carbons (Fsp3) is 0.433. The molecule has 0 radical (unpaired) electrons. The SMILES string of the molecule is CCOc1ccc(-c2cc(N3CCN(C(=O)C(C)Oc4ccc(C)cc4C(C)(C)C)CC3)ncn2)cc1. The summed E-state index contributed by atoms with van der Waals surface area (Å²) in [4.78, 5) is 26.3. The van der Waals surface area contributed by atoms with Gasteiger partial charge < -0.3 is 19.3 Å². The summed E-state index contributed by atoms with van der Waals surface area (Å²) in [6, 6.07) is 16.1. The summed E-state index contributed by atoms with van der Waals surface area (Å²) in [7, 11) is 0. The van der Waals surface area contributed by atoms with Crippen molar-refractivity contribution in [1.82, 2.24) is 14.9 Å². The standard InChI is InChI=1S/C30H38N4O3/c1-7-36-24-11-9-23(10-12-24)26-19-28(32-20-31-26)33-14-16-34(17-15-33)29(35)22(3)37-27-13-8-21(2)18-25(27)30(4,5)6/h8-13,18-20,22H,7,14-17H2,1-6H3. The molecule has 1 aliphatic heterocycles. The van der Waals surface area contributed by atoms with Gasteiger partial charge in [0.05, 0.1) is 12.3 Å². The van der Waals surface area contributed by atoms with E-state index >= 15 is 0 Å². The van der Waals surface area contributed by atoms with Gasteiger partial charge in [0.15, 0.2) is 6.10 Å². The molecule has 1 aromatic heterocycles. The fourth-order valence-electron chi connectivity index (χ4n) is 4.55. The molecule has 1 saturated heterocycles. The van der Waals surface area contributed by atoms with Crippen LogP contribution in [-0.4, -0.2) is 59.7 Å². The van der Waals surface area contributed by atoms with Crippen molar-refractivity contribution in [1.29, 1.82) is 0 Å². The molecular weight excluding hydrogens is 464 g/mol. The molecule has 4 rings (SSSR count). The monoisotopic (exact) mass is 502 g/mol. The van der Waals surface area contributed by atoms with Crippen LogP contribution in [0.4, 0.5) is 5.82 Å². The summed E-state index contributed by atoms with van der Waals surface area (Å²) in [6.45, 7) is 15.7. The van der Waals surface area contributed by atoms with Crippen LogP contribution >= 0.6 is 0 Å². The summed E-state index contributed by atoms with van der Waals surface area (Å²) < 4.78 is 11.7. The summed E-state index contributed by atoms with van der Waals surface area (Å²) in [5.74, 6) is 2.50. The second-order valence-electron chi connectivity index (χ2n) is 10.5. The Kier molecular flexibility index (Phi) is 8.00. The first-order valence-corrected chi connectivity index (χ1v) is 13.0. The minimum atomic E-state index is -0.555. The van der Waals surface area contributed by atoms with Gasteiger partial charge in [-0.05, 0) is 62.1 Å². The third-order valence-electron chi connectivity index (χ3n) is 6.62. The molecule has 0 spiro atoms. The third-order valence-corrected chi connectivity index (χ3v) is 6.62. The highest BCUT2D eigenvalue weighted by molar-refractivity contribution is 5.81. The largest absolute Gasteiger partial charge is 0.494 e. The van der Waals surface area contributed by atoms with Crippen LogP contribution in [0.25, 0.3) is 11.3 Å². The van der Waals surface area contributed by atoms with Crippen LogP contribution in [0.1, 0.15) is 45.7 Å². The zero-order chi connectivity index (χ0) is 26.6. The van der Waals surface area contributed by atoms with Crippen molar-refractivity contribution in [3.8, 4) is 22.8 Å². The number of amides is 1. The van der Waals surface area contributed by atoms with E-state index in [0.29, 0.717) is 32.8 Å². The highest BCUT2D eigenvalue weighted by atomic mass is 16.5. The van der Waals surface area contributed by atoms with Crippen LogP contribution in [0.5, 0.6) is 11.5 Å². The van der Waals surface area contributed by atoms with Crippen LogP contribution < -0.4 is 14.4 Å². The Balaban J connectivity index is 1.38. The molecule has 37 heavy (non-hydrogen) atoms. The van der Waals surface area contributed by atoms with Crippen molar-refractivity contribution in [2.45, 2.75) is 53.1 Å². The smallest absolute Gasteiger partial charge is 0.263 e. The van der Waals surface area contributed by atoms with E-state index in [-0.39, 0.29) is 11.3 Å². The molecule has 1 unspecified atom stereocenters. The first kappa shape index (κ1) is 26.5. The number of carbonyl (C=O) groups is 1. The van der Waals surface area contributed by atoms with Gasteiger partial charge in [0.1, 0.15) is 23.6 Å². The molecular formula is C30H38N4O3. The Morgan fingerprint density at radius 2 is 1.70 bits per heavy atom. The lowest BCUT2D eigenvalue weighted by molar-refractivity contribution is -0.138. The van der Waals surface area contributed by atoms with Gasteiger partial charge >= 0.3 is 0 Å². The number of aryl methyl sites for hydroxylation is 1. The summed E-state index contributed by atoms with van der Waals surface area (Å²) in [6.07, 6.45) is 1.05. The van der Waals surface area contributed by atoms with Crippen LogP contribution in [0.2, 0.25) is 0 Å². The maximum Gasteiger partial charge on any atom is 0.263 e. The zero-order valence-electron chi connectivity index (χ0n) is 22.8. The number of carbonyl (C=O) groups excluding carboxylic acids is 1. The summed E-state index contributed by atoms with van der Waals surface area (Å²) >= 11 is 0. The second kappa shape index (κ2) is 11.2. The van der Waals surface area contributed by atoms with Gasteiger partial charge in [0, 0.05) is 37.8 Å². The third kappa shape index (κ3) is 6.40. The first-order valence-electron chi connectivity index (χ1n) is 13.0. The van der Waals surface area contributed by atoms with E-state index in [0.717, 1.165) is 34.1 Å². The maximum atomic E-state index is 13.2. The normalized spacial score (nSPS) is 14.9. The predicted octanol–water partition coefficient (Wildman–Crippen LogP) is 5.26. The molecule has 0 saturated carbocycles. The van der Waals surface area contributed by atoms with E-state index in [1.54, 1.807) is 6.33 Å². The maximum absolute atomic E-state index is 13.2. The van der Waals surface area contributed by atoms with Crippen molar-refractivity contribution >= 4 is 11.7 Å². The number of hydrogen-bond donors (Lipinski definition) is 0. The van der Waals surface area contributed by atoms with Crippen molar-refractivity contribution in [3.05, 3.63) is 66.0 Å². The van der Waals surface area contributed by atoms with E-state index < -0.39 is 6.10 Å². The van der Waals surface area contributed by atoms with Gasteiger partial charge in [0.25, 0.3) is 5.91 Å². The molecule has 1 fully saturated rings. The lowest BCUT2D eigenvalue weighted by Gasteiger charge is -2.36. The molecule has 196 valence electrons. The molecule has 7 heteroatoms. The highest BCUT2D eigenvalue weighted by Crippen LogP contribution is 2.33. The number of benzene rings is 2. The van der Waals surface area contributed by atoms with Gasteiger partial charge in [0.2, 0.25) is 0 Å². The predicted molar refractivity (Wildman–Crippen MR) is 147 cm³/mol. The Hall–Kier alpha value is -3.61. The number of nitrogens with zero attached hydrogens (tertiary/aromatic N) is 4. The van der Waals surface area contributed by atoms with Crippen molar-refractivity contribution in [3.63, 3.8) is 0 Å². The lowest BCUT2D eigenvalue weighted by Crippen LogP contribution is -2.52. The van der Waals surface area contributed by atoms with Crippen LogP contribution in [0.3, 0.4) is 0 Å². The van der Waals surface area contributed by atoms with E-state index in [1.165, 1.54) is 5.56 Å². The van der Waals surface area contributed by atoms with Gasteiger partial charge in [-0.1, -0.05) is 38.5 Å². The molecule has 7 nitrogen and oxygen atoms in total. The average molecular weight is 503 g/mol. The lowest BCUT2D eigenvalue weighted by atomic mass is 9.85. The molecule has 1 amide bonds. The van der Waals surface area contributed by atoms with Gasteiger partial charge in [-0.15, -0.1) is 0 Å². The van der Waals surface area contributed by atoms with Crippen molar-refractivity contribution in [2.75, 3.05) is 37.7 Å². The summed E-state index contributed by atoms with van der Waals surface area (Å²) in [5, 5.41) is 0. The highest BCUT2D eigenvalue weighted by Gasteiger charge is 2.28. The van der Waals surface area contributed by atoms with Crippen LogP contribution in [-0.2, 0) is 10.2 Å². The molecule has 2 aromatic carbocycles. The average Bonchev–Trinajstić information content (AvgIpc) is 2.89. The Bertz CT molecular complexity index is 1210. The van der Waals surface area contributed by atoms with E-state index in [4.69, 9.17) is 9.47 Å². The molecule has 0 N–H and O–H groups in total. The molecule has 0 aliphatic carbocycles. The molecule has 3 aromatic rings. The first-order chi connectivity index (χ1) is 17.7. The minimum absolute atomic E-state index is 0.0119. The number of aromatic nitrogens is 2. The molecule has 1 aliphatic rings. The number of ether oxygens (including phenoxy) is 2. The molecule has 1 atom stereocenters. The van der Waals surface area contributed by atoms with Crippen LogP contribution in [0, 0.1) is 6.92 Å². The summed E-state index contributed by atoms with van der Waals surface area (Å²) in [5.41, 5.74) is 4.10. The Labute approximate surface area is 220 Å². The van der Waals surface area contributed by atoms with Gasteiger partial charge in [-0.2, -0.15) is 0 Å². The number of hydrogen-bond acceptors (Lipinski definition) is 6. The fourth-order valence-corrected chi connectivity index (χ4v) is 4.55. The van der Waals surface area contributed by atoms with Gasteiger partial charge in [-0.3, -0.25) is 4.79 Å². The Morgan fingerprint density at radius 3 is 2.35 bits per heavy atom. The topological polar surface area (TPSA) is 67.8 Å². The molecule has 2 heterocycles. The van der Waals surface area contributed by atoms with Crippen molar-refractivity contribution < 1.29 is 14.3 Å². The zero-order valence-corrected chi connectivity index (χ0v) is 22.8. The van der Waals surface area contributed by atoms with Crippen LogP contribution in [0.15, 0.2) is 54.9 Å². The van der Waals surface area contributed by atoms with Gasteiger partial charge in [-0.25, -0.2) is 9.97 Å². The van der Waals surface area contributed by atoms with E-state index in [2.05, 4.69) is 48.6 Å².